The van der Waals surface area contributed by atoms with Gasteiger partial charge in [-0.15, -0.1) is 0 Å². The van der Waals surface area contributed by atoms with Gasteiger partial charge in [-0.1, -0.05) is 29.8 Å². The summed E-state index contributed by atoms with van der Waals surface area (Å²) in [5, 5.41) is 16.3. The summed E-state index contributed by atoms with van der Waals surface area (Å²) in [6, 6.07) is 14.6. The average molecular weight is 337 g/mol. The molecule has 0 bridgehead atoms. The van der Waals surface area contributed by atoms with Crippen molar-refractivity contribution in [2.24, 2.45) is 0 Å². The van der Waals surface area contributed by atoms with Crippen LogP contribution in [0.2, 0.25) is 5.02 Å². The minimum atomic E-state index is -0.117. The summed E-state index contributed by atoms with van der Waals surface area (Å²) in [6.45, 7) is 0. The molecule has 0 unspecified atom stereocenters. The summed E-state index contributed by atoms with van der Waals surface area (Å²) in [5.41, 5.74) is 2.35. The van der Waals surface area contributed by atoms with Crippen molar-refractivity contribution in [1.29, 1.82) is 0 Å². The monoisotopic (exact) mass is 336 g/mol. The smallest absolute Gasteiger partial charge is 0.262 e. The van der Waals surface area contributed by atoms with Crippen molar-refractivity contribution in [2.45, 2.75) is 6.42 Å². The molecule has 0 atom stereocenters. The molecule has 6 nitrogen and oxygen atoms in total. The van der Waals surface area contributed by atoms with E-state index >= 15 is 0 Å². The standard InChI is InChI=1S/C17H11ClN5O/c18-13-7-5-11(6-8-13)17(24)23-10-12(9-16-19-21-22-20-16)14-3-1-2-4-15(14)23/h1-8,10H,9H2/q-1. The molecule has 0 spiro atoms. The van der Waals surface area contributed by atoms with Gasteiger partial charge in [-0.05, 0) is 35.9 Å². The van der Waals surface area contributed by atoms with Crippen molar-refractivity contribution in [3.63, 3.8) is 0 Å². The number of hydrogen-bond donors (Lipinski definition) is 0. The Hall–Kier alpha value is -2.99. The third-order valence-corrected chi connectivity index (χ3v) is 4.07. The summed E-state index contributed by atoms with van der Waals surface area (Å²) < 4.78 is 1.64. The highest BCUT2D eigenvalue weighted by Crippen LogP contribution is 2.24. The van der Waals surface area contributed by atoms with E-state index < -0.39 is 0 Å². The molecule has 0 N–H and O–H groups in total. The van der Waals surface area contributed by atoms with Crippen LogP contribution < -0.4 is 5.10 Å². The van der Waals surface area contributed by atoms with Crippen LogP contribution in [0.1, 0.15) is 21.7 Å². The first-order chi connectivity index (χ1) is 11.7. The van der Waals surface area contributed by atoms with Crippen molar-refractivity contribution >= 4 is 28.4 Å². The number of aromatic nitrogens is 5. The second-order valence-corrected chi connectivity index (χ2v) is 5.76. The molecule has 4 aromatic rings. The average Bonchev–Trinajstić information content (AvgIpc) is 3.24. The van der Waals surface area contributed by atoms with Crippen LogP contribution in [0.3, 0.4) is 0 Å². The lowest BCUT2D eigenvalue weighted by Crippen LogP contribution is -2.10. The first-order valence-electron chi connectivity index (χ1n) is 7.29. The van der Waals surface area contributed by atoms with Gasteiger partial charge in [0.15, 0.2) is 0 Å². The highest BCUT2D eigenvalue weighted by atomic mass is 35.5. The second-order valence-electron chi connectivity index (χ2n) is 5.33. The number of rotatable bonds is 3. The van der Waals surface area contributed by atoms with Crippen LogP contribution in [0.4, 0.5) is 0 Å². The molecule has 0 saturated carbocycles. The molecule has 0 aliphatic carbocycles. The van der Waals surface area contributed by atoms with Gasteiger partial charge in [0.2, 0.25) is 0 Å². The number of carbonyl (C=O) groups is 1. The van der Waals surface area contributed by atoms with E-state index in [1.807, 2.05) is 30.5 Å². The number of halogens is 1. The number of para-hydroxylation sites is 1. The molecule has 0 aliphatic heterocycles. The van der Waals surface area contributed by atoms with Crippen LogP contribution in [-0.2, 0) is 6.42 Å². The van der Waals surface area contributed by atoms with E-state index in [1.165, 1.54) is 0 Å². The third-order valence-electron chi connectivity index (χ3n) is 3.81. The Balaban J connectivity index is 1.80. The minimum Gasteiger partial charge on any atom is -0.335 e. The summed E-state index contributed by atoms with van der Waals surface area (Å²) >= 11 is 5.90. The topological polar surface area (TPSA) is 74.8 Å². The molecule has 0 saturated heterocycles. The predicted octanol–water partition coefficient (Wildman–Crippen LogP) is 2.72. The lowest BCUT2D eigenvalue weighted by molar-refractivity contribution is 0.0965. The Bertz CT molecular complexity index is 1010. The molecule has 0 fully saturated rings. The number of carbonyl (C=O) groups excluding carboxylic acids is 1. The van der Waals surface area contributed by atoms with Gasteiger partial charge >= 0.3 is 0 Å². The first kappa shape index (κ1) is 14.6. The predicted molar refractivity (Wildman–Crippen MR) is 89.1 cm³/mol. The molecule has 0 amide bonds. The van der Waals surface area contributed by atoms with E-state index in [9.17, 15) is 4.79 Å². The number of nitrogens with zero attached hydrogens (tertiary/aromatic N) is 5. The molecular formula is C17H11ClN5O-. The molecule has 2 aromatic carbocycles. The zero-order valence-corrected chi connectivity index (χ0v) is 13.2. The van der Waals surface area contributed by atoms with Gasteiger partial charge in [0.25, 0.3) is 5.91 Å². The van der Waals surface area contributed by atoms with Crippen molar-refractivity contribution in [3.8, 4) is 0 Å². The van der Waals surface area contributed by atoms with Crippen molar-refractivity contribution in [2.75, 3.05) is 0 Å². The number of tetrazole rings is 1. The molecule has 0 radical (unpaired) electrons. The van der Waals surface area contributed by atoms with E-state index in [0.717, 1.165) is 16.5 Å². The molecule has 2 aromatic heterocycles. The van der Waals surface area contributed by atoms with Gasteiger partial charge < -0.3 is 5.10 Å². The zero-order valence-electron chi connectivity index (χ0n) is 12.4. The van der Waals surface area contributed by atoms with Gasteiger partial charge in [0.05, 0.1) is 5.52 Å². The van der Waals surface area contributed by atoms with Crippen molar-refractivity contribution < 1.29 is 4.79 Å². The number of hydrogen-bond acceptors (Lipinski definition) is 4. The fourth-order valence-electron chi connectivity index (χ4n) is 2.69. The fourth-order valence-corrected chi connectivity index (χ4v) is 2.82. The second kappa shape index (κ2) is 5.90. The first-order valence-corrected chi connectivity index (χ1v) is 7.67. The maximum atomic E-state index is 12.9. The Morgan fingerprint density at radius 2 is 1.92 bits per heavy atom. The van der Waals surface area contributed by atoms with Gasteiger partial charge in [0, 0.05) is 34.4 Å². The lowest BCUT2D eigenvalue weighted by Gasteiger charge is -2.04. The van der Waals surface area contributed by atoms with E-state index in [4.69, 9.17) is 11.6 Å². The van der Waals surface area contributed by atoms with Crippen LogP contribution in [-0.4, -0.2) is 26.0 Å². The molecule has 118 valence electrons. The largest absolute Gasteiger partial charge is 0.335 e. The highest BCUT2D eigenvalue weighted by Gasteiger charge is 2.15. The zero-order chi connectivity index (χ0) is 16.5. The summed E-state index contributed by atoms with van der Waals surface area (Å²) in [7, 11) is 0. The maximum absolute atomic E-state index is 12.9. The maximum Gasteiger partial charge on any atom is 0.262 e. The van der Waals surface area contributed by atoms with Gasteiger partial charge in [-0.3, -0.25) is 19.7 Å². The van der Waals surface area contributed by atoms with Gasteiger partial charge in [-0.2, -0.15) is 5.21 Å². The lowest BCUT2D eigenvalue weighted by atomic mass is 10.1. The fraction of sp³-hybridized carbons (Fsp3) is 0.0588. The summed E-state index contributed by atoms with van der Waals surface area (Å²) in [5.74, 6) is 0.408. The van der Waals surface area contributed by atoms with E-state index in [0.29, 0.717) is 22.8 Å². The van der Waals surface area contributed by atoms with Crippen LogP contribution in [0, 0.1) is 0 Å². The minimum absolute atomic E-state index is 0.117. The number of benzene rings is 2. The SMILES string of the molecule is O=C(c1ccc(Cl)cc1)n1cc(Cc2nnn[n-]2)c2ccccc21. The van der Waals surface area contributed by atoms with Gasteiger partial charge in [0.1, 0.15) is 0 Å². The number of fused-ring (bicyclic) bond motifs is 1. The van der Waals surface area contributed by atoms with Crippen LogP contribution >= 0.6 is 11.6 Å². The van der Waals surface area contributed by atoms with Crippen LogP contribution in [0.15, 0.2) is 54.7 Å². The normalized spacial score (nSPS) is 11.0. The Morgan fingerprint density at radius 3 is 2.67 bits per heavy atom. The summed E-state index contributed by atoms with van der Waals surface area (Å²) in [6.07, 6.45) is 2.28. The van der Waals surface area contributed by atoms with Crippen molar-refractivity contribution in [3.05, 3.63) is 76.7 Å². The highest BCUT2D eigenvalue weighted by molar-refractivity contribution is 6.30. The Kier molecular flexibility index (Phi) is 3.59. The van der Waals surface area contributed by atoms with Gasteiger partial charge in [-0.25, -0.2) is 0 Å². The summed E-state index contributed by atoms with van der Waals surface area (Å²) in [4.78, 5) is 12.9. The van der Waals surface area contributed by atoms with E-state index in [1.54, 1.807) is 28.8 Å². The third kappa shape index (κ3) is 2.57. The molecule has 24 heavy (non-hydrogen) atoms. The van der Waals surface area contributed by atoms with Crippen LogP contribution in [0.25, 0.3) is 10.9 Å². The quantitative estimate of drug-likeness (QED) is 0.575. The molecule has 7 heteroatoms. The Morgan fingerprint density at radius 1 is 1.12 bits per heavy atom. The van der Waals surface area contributed by atoms with Crippen molar-refractivity contribution in [1.82, 2.24) is 25.2 Å². The van der Waals surface area contributed by atoms with E-state index in [-0.39, 0.29) is 5.91 Å². The van der Waals surface area contributed by atoms with E-state index in [2.05, 4.69) is 20.6 Å². The molecule has 2 heterocycles. The molecule has 0 aliphatic rings. The Labute approximate surface area is 142 Å². The van der Waals surface area contributed by atoms with Crippen LogP contribution in [0.5, 0.6) is 0 Å². The molecule has 4 rings (SSSR count). The molecular weight excluding hydrogens is 326 g/mol.